The minimum Gasteiger partial charge on any atom is -0.462 e. The molecule has 3 rings (SSSR count). The van der Waals surface area contributed by atoms with Gasteiger partial charge in [0.25, 0.3) is 0 Å². The standard InChI is InChI=1S/C24H24N2O2S/c1-3-28-23(27)20-10-7-11-21(16-20)25-24(29)26-22(18-8-5-4-6-9-18)19-14-12-17(2)13-15-19/h4-16,22H,3H2,1-2H3,(H2,25,26,29). The van der Waals surface area contributed by atoms with Crippen molar-refractivity contribution in [3.05, 3.63) is 101 Å². The highest BCUT2D eigenvalue weighted by Crippen LogP contribution is 2.23. The van der Waals surface area contributed by atoms with E-state index in [1.165, 1.54) is 5.56 Å². The number of ether oxygens (including phenoxy) is 1. The van der Waals surface area contributed by atoms with E-state index in [4.69, 9.17) is 17.0 Å². The van der Waals surface area contributed by atoms with Crippen molar-refractivity contribution in [2.75, 3.05) is 11.9 Å². The average molecular weight is 405 g/mol. The van der Waals surface area contributed by atoms with Crippen molar-refractivity contribution in [2.24, 2.45) is 0 Å². The lowest BCUT2D eigenvalue weighted by Gasteiger charge is -2.22. The summed E-state index contributed by atoms with van der Waals surface area (Å²) in [5.74, 6) is -0.350. The molecule has 0 bridgehead atoms. The topological polar surface area (TPSA) is 50.4 Å². The van der Waals surface area contributed by atoms with Crippen molar-refractivity contribution < 1.29 is 9.53 Å². The highest BCUT2D eigenvalue weighted by atomic mass is 32.1. The lowest BCUT2D eigenvalue weighted by Crippen LogP contribution is -2.33. The van der Waals surface area contributed by atoms with Gasteiger partial charge in [0.1, 0.15) is 0 Å². The molecule has 0 fully saturated rings. The van der Waals surface area contributed by atoms with Crippen molar-refractivity contribution in [2.45, 2.75) is 19.9 Å². The zero-order valence-corrected chi connectivity index (χ0v) is 17.3. The molecule has 0 radical (unpaired) electrons. The smallest absolute Gasteiger partial charge is 0.338 e. The lowest BCUT2D eigenvalue weighted by molar-refractivity contribution is 0.0526. The number of aryl methyl sites for hydroxylation is 1. The number of benzene rings is 3. The molecule has 0 spiro atoms. The quantitative estimate of drug-likeness (QED) is 0.434. The number of anilines is 1. The van der Waals surface area contributed by atoms with Gasteiger partial charge in [-0.05, 0) is 55.4 Å². The molecule has 0 amide bonds. The maximum atomic E-state index is 12.0. The van der Waals surface area contributed by atoms with Gasteiger partial charge in [0.05, 0.1) is 18.2 Å². The normalized spacial score (nSPS) is 11.4. The summed E-state index contributed by atoms with van der Waals surface area (Å²) in [6.07, 6.45) is 0. The summed E-state index contributed by atoms with van der Waals surface area (Å²) in [5.41, 5.74) is 4.64. The molecule has 5 heteroatoms. The van der Waals surface area contributed by atoms with Crippen LogP contribution in [-0.2, 0) is 4.74 Å². The largest absolute Gasteiger partial charge is 0.462 e. The van der Waals surface area contributed by atoms with Gasteiger partial charge < -0.3 is 15.4 Å². The van der Waals surface area contributed by atoms with Crippen LogP contribution in [-0.4, -0.2) is 17.7 Å². The van der Waals surface area contributed by atoms with Crippen molar-refractivity contribution >= 4 is 29.0 Å². The van der Waals surface area contributed by atoms with Gasteiger partial charge in [-0.2, -0.15) is 0 Å². The number of carbonyl (C=O) groups is 1. The number of rotatable bonds is 6. The zero-order valence-electron chi connectivity index (χ0n) is 16.5. The lowest BCUT2D eigenvalue weighted by atomic mass is 9.98. The Labute approximate surface area is 176 Å². The summed E-state index contributed by atoms with van der Waals surface area (Å²) in [6.45, 7) is 4.19. The van der Waals surface area contributed by atoms with Crippen LogP contribution in [0.1, 0.15) is 40.0 Å². The fourth-order valence-electron chi connectivity index (χ4n) is 3.00. The molecule has 2 N–H and O–H groups in total. The minimum atomic E-state index is -0.350. The highest BCUT2D eigenvalue weighted by molar-refractivity contribution is 7.80. The van der Waals surface area contributed by atoms with Crippen molar-refractivity contribution in [1.29, 1.82) is 0 Å². The van der Waals surface area contributed by atoms with Crippen molar-refractivity contribution in [3.8, 4) is 0 Å². The summed E-state index contributed by atoms with van der Waals surface area (Å²) in [6, 6.07) is 25.6. The SMILES string of the molecule is CCOC(=O)c1cccc(NC(=S)NC(c2ccccc2)c2ccc(C)cc2)c1. The predicted octanol–water partition coefficient (Wildman–Crippen LogP) is 5.25. The van der Waals surface area contributed by atoms with Crippen LogP contribution in [0.4, 0.5) is 5.69 Å². The van der Waals surface area contributed by atoms with Gasteiger partial charge in [0, 0.05) is 5.69 Å². The monoisotopic (exact) mass is 404 g/mol. The van der Waals surface area contributed by atoms with E-state index >= 15 is 0 Å². The van der Waals surface area contributed by atoms with E-state index in [1.807, 2.05) is 24.3 Å². The Morgan fingerprint density at radius 2 is 1.66 bits per heavy atom. The fourth-order valence-corrected chi connectivity index (χ4v) is 3.24. The average Bonchev–Trinajstić information content (AvgIpc) is 2.74. The molecule has 1 atom stereocenters. The van der Waals surface area contributed by atoms with Crippen LogP contribution in [0.3, 0.4) is 0 Å². The predicted molar refractivity (Wildman–Crippen MR) is 121 cm³/mol. The van der Waals surface area contributed by atoms with Gasteiger partial charge in [0.15, 0.2) is 5.11 Å². The third kappa shape index (κ3) is 5.65. The van der Waals surface area contributed by atoms with Crippen LogP contribution in [0, 0.1) is 6.92 Å². The number of esters is 1. The maximum absolute atomic E-state index is 12.0. The Kier molecular flexibility index (Phi) is 6.98. The van der Waals surface area contributed by atoms with Gasteiger partial charge in [-0.1, -0.05) is 66.2 Å². The van der Waals surface area contributed by atoms with E-state index in [2.05, 4.69) is 54.0 Å². The van der Waals surface area contributed by atoms with Gasteiger partial charge in [-0.3, -0.25) is 0 Å². The fraction of sp³-hybridized carbons (Fsp3) is 0.167. The number of thiocarbonyl (C=S) groups is 1. The third-order valence-electron chi connectivity index (χ3n) is 4.45. The second-order valence-electron chi connectivity index (χ2n) is 6.65. The number of nitrogens with one attached hydrogen (secondary N) is 2. The van der Waals surface area contributed by atoms with Gasteiger partial charge >= 0.3 is 5.97 Å². The minimum absolute atomic E-state index is 0.0926. The van der Waals surface area contributed by atoms with Crippen LogP contribution < -0.4 is 10.6 Å². The van der Waals surface area contributed by atoms with Gasteiger partial charge in [0.2, 0.25) is 0 Å². The van der Waals surface area contributed by atoms with Gasteiger partial charge in [-0.25, -0.2) is 4.79 Å². The maximum Gasteiger partial charge on any atom is 0.338 e. The number of carbonyl (C=O) groups excluding carboxylic acids is 1. The van der Waals surface area contributed by atoms with E-state index in [-0.39, 0.29) is 12.0 Å². The van der Waals surface area contributed by atoms with E-state index in [1.54, 1.807) is 25.1 Å². The first kappa shape index (κ1) is 20.6. The molecule has 0 aliphatic carbocycles. The first-order chi connectivity index (χ1) is 14.1. The van der Waals surface area contributed by atoms with Crippen LogP contribution >= 0.6 is 12.2 Å². The molecular weight excluding hydrogens is 380 g/mol. The van der Waals surface area contributed by atoms with Crippen LogP contribution in [0.15, 0.2) is 78.9 Å². The molecule has 0 saturated heterocycles. The molecule has 0 saturated carbocycles. The molecule has 0 aliphatic heterocycles. The Hall–Kier alpha value is -3.18. The van der Waals surface area contributed by atoms with Gasteiger partial charge in [-0.15, -0.1) is 0 Å². The van der Waals surface area contributed by atoms with Crippen LogP contribution in [0.25, 0.3) is 0 Å². The first-order valence-electron chi connectivity index (χ1n) is 9.53. The van der Waals surface area contributed by atoms with E-state index in [0.29, 0.717) is 17.3 Å². The second-order valence-corrected chi connectivity index (χ2v) is 7.06. The summed E-state index contributed by atoms with van der Waals surface area (Å²) in [7, 11) is 0. The van der Waals surface area contributed by atoms with E-state index in [9.17, 15) is 4.79 Å². The first-order valence-corrected chi connectivity index (χ1v) is 9.94. The summed E-state index contributed by atoms with van der Waals surface area (Å²) in [5, 5.41) is 7.04. The Morgan fingerprint density at radius 3 is 2.34 bits per heavy atom. The zero-order chi connectivity index (χ0) is 20.6. The Bertz CT molecular complexity index is 972. The molecule has 3 aromatic carbocycles. The summed E-state index contributed by atoms with van der Waals surface area (Å²) >= 11 is 5.56. The van der Waals surface area contributed by atoms with Crippen LogP contribution in [0.5, 0.6) is 0 Å². The Morgan fingerprint density at radius 1 is 0.966 bits per heavy atom. The molecule has 1 unspecified atom stereocenters. The molecule has 3 aromatic rings. The van der Waals surface area contributed by atoms with Crippen molar-refractivity contribution in [3.63, 3.8) is 0 Å². The molecule has 148 valence electrons. The van der Waals surface area contributed by atoms with Crippen LogP contribution in [0.2, 0.25) is 0 Å². The molecular formula is C24H24N2O2S. The van der Waals surface area contributed by atoms with Crippen molar-refractivity contribution in [1.82, 2.24) is 5.32 Å². The molecule has 0 aliphatic rings. The van der Waals surface area contributed by atoms with E-state index in [0.717, 1.165) is 16.8 Å². The van der Waals surface area contributed by atoms with E-state index < -0.39 is 0 Å². The molecule has 0 aromatic heterocycles. The third-order valence-corrected chi connectivity index (χ3v) is 4.67. The summed E-state index contributed by atoms with van der Waals surface area (Å²) in [4.78, 5) is 12.0. The second kappa shape index (κ2) is 9.85. The highest BCUT2D eigenvalue weighted by Gasteiger charge is 2.15. The molecule has 0 heterocycles. The summed E-state index contributed by atoms with van der Waals surface area (Å²) < 4.78 is 5.06. The number of hydrogen-bond acceptors (Lipinski definition) is 3. The number of hydrogen-bond donors (Lipinski definition) is 2. The molecule has 29 heavy (non-hydrogen) atoms. The molecule has 4 nitrogen and oxygen atoms in total. The Balaban J connectivity index is 1.78.